The number of halogens is 3. The van der Waals surface area contributed by atoms with Crippen LogP contribution in [-0.2, 0) is 0 Å². The lowest BCUT2D eigenvalue weighted by molar-refractivity contribution is 0.101. The molecule has 0 spiro atoms. The molecule has 3 rings (SSSR count). The molecule has 136 valence electrons. The van der Waals surface area contributed by atoms with Crippen molar-refractivity contribution >= 4 is 23.2 Å². The molecule has 27 heavy (non-hydrogen) atoms. The molecule has 0 aliphatic carbocycles. The number of rotatable bonds is 4. The van der Waals surface area contributed by atoms with E-state index in [0.717, 1.165) is 12.1 Å². The molecule has 3 aromatic rings. The van der Waals surface area contributed by atoms with E-state index in [1.165, 1.54) is 42.5 Å². The fourth-order valence-electron chi connectivity index (χ4n) is 2.28. The maximum absolute atomic E-state index is 13.2. The molecule has 0 saturated carbocycles. The summed E-state index contributed by atoms with van der Waals surface area (Å²) in [5, 5.41) is 5.18. The third-order valence-electron chi connectivity index (χ3n) is 3.69. The summed E-state index contributed by atoms with van der Waals surface area (Å²) in [5.41, 5.74) is 1.15. The van der Waals surface area contributed by atoms with Crippen molar-refractivity contribution in [1.29, 1.82) is 0 Å². The third kappa shape index (κ3) is 4.52. The molecule has 0 aromatic heterocycles. The Morgan fingerprint density at radius 2 is 1.07 bits per heavy atom. The van der Waals surface area contributed by atoms with Crippen molar-refractivity contribution in [1.82, 2.24) is 0 Å². The van der Waals surface area contributed by atoms with Gasteiger partial charge in [0.25, 0.3) is 11.8 Å². The fraction of sp³-hybridized carbons (Fsp3) is 0. The number of hydrogen-bond acceptors (Lipinski definition) is 2. The first-order valence-electron chi connectivity index (χ1n) is 7.86. The van der Waals surface area contributed by atoms with Crippen molar-refractivity contribution in [2.45, 2.75) is 0 Å². The monoisotopic (exact) mass is 370 g/mol. The lowest BCUT2D eigenvalue weighted by Gasteiger charge is -2.08. The van der Waals surface area contributed by atoms with Gasteiger partial charge >= 0.3 is 0 Å². The van der Waals surface area contributed by atoms with Crippen LogP contribution in [-0.4, -0.2) is 11.8 Å². The highest BCUT2D eigenvalue weighted by atomic mass is 19.2. The second-order valence-electron chi connectivity index (χ2n) is 5.62. The Balaban J connectivity index is 1.64. The van der Waals surface area contributed by atoms with Crippen LogP contribution in [0.15, 0.2) is 66.7 Å². The Hall–Kier alpha value is -3.61. The highest BCUT2D eigenvalue weighted by molar-refractivity contribution is 6.05. The zero-order valence-corrected chi connectivity index (χ0v) is 13.8. The van der Waals surface area contributed by atoms with Crippen molar-refractivity contribution in [3.05, 3.63) is 95.3 Å². The average molecular weight is 370 g/mol. The number of carbonyl (C=O) groups excluding carboxylic acids is 2. The van der Waals surface area contributed by atoms with Gasteiger partial charge in [0.05, 0.1) is 0 Å². The zero-order chi connectivity index (χ0) is 19.4. The molecule has 2 N–H and O–H groups in total. The van der Waals surface area contributed by atoms with Crippen LogP contribution in [0.2, 0.25) is 0 Å². The van der Waals surface area contributed by atoms with Gasteiger partial charge in [-0.25, -0.2) is 13.2 Å². The van der Waals surface area contributed by atoms with Crippen LogP contribution in [0.5, 0.6) is 0 Å². The normalized spacial score (nSPS) is 10.3. The van der Waals surface area contributed by atoms with Gasteiger partial charge < -0.3 is 10.6 Å². The third-order valence-corrected chi connectivity index (χ3v) is 3.69. The summed E-state index contributed by atoms with van der Waals surface area (Å²) in [6, 6.07) is 14.1. The lowest BCUT2D eigenvalue weighted by Crippen LogP contribution is -2.13. The fourth-order valence-corrected chi connectivity index (χ4v) is 2.28. The molecule has 0 atom stereocenters. The molecule has 2 amide bonds. The largest absolute Gasteiger partial charge is 0.322 e. The number of nitrogens with one attached hydrogen (secondary N) is 2. The van der Waals surface area contributed by atoms with Crippen LogP contribution in [0.3, 0.4) is 0 Å². The highest BCUT2D eigenvalue weighted by Gasteiger charge is 2.10. The van der Waals surface area contributed by atoms with Gasteiger partial charge in [-0.1, -0.05) is 0 Å². The molecule has 0 unspecified atom stereocenters. The van der Waals surface area contributed by atoms with Crippen molar-refractivity contribution in [3.8, 4) is 0 Å². The first-order valence-corrected chi connectivity index (χ1v) is 7.86. The molecule has 0 fully saturated rings. The molecular formula is C20H13F3N2O2. The Kier molecular flexibility index (Phi) is 5.21. The Labute approximate surface area is 152 Å². The molecule has 7 heteroatoms. The molecule has 0 bridgehead atoms. The summed E-state index contributed by atoms with van der Waals surface area (Å²) in [6.45, 7) is 0. The van der Waals surface area contributed by atoms with Gasteiger partial charge in [0.15, 0.2) is 11.6 Å². The minimum absolute atomic E-state index is 0.0254. The van der Waals surface area contributed by atoms with E-state index in [9.17, 15) is 22.8 Å². The van der Waals surface area contributed by atoms with E-state index in [-0.39, 0.29) is 5.56 Å². The summed E-state index contributed by atoms with van der Waals surface area (Å²) >= 11 is 0. The minimum Gasteiger partial charge on any atom is -0.322 e. The summed E-state index contributed by atoms with van der Waals surface area (Å²) in [6.07, 6.45) is 0. The van der Waals surface area contributed by atoms with Crippen molar-refractivity contribution in [2.24, 2.45) is 0 Å². The summed E-state index contributed by atoms with van der Waals surface area (Å²) < 4.78 is 39.0. The number of benzene rings is 3. The van der Waals surface area contributed by atoms with Crippen LogP contribution >= 0.6 is 0 Å². The van der Waals surface area contributed by atoms with Gasteiger partial charge in [-0.2, -0.15) is 0 Å². The maximum Gasteiger partial charge on any atom is 0.255 e. The van der Waals surface area contributed by atoms with Crippen LogP contribution in [0.4, 0.5) is 24.5 Å². The van der Waals surface area contributed by atoms with E-state index in [1.54, 1.807) is 12.1 Å². The van der Waals surface area contributed by atoms with Crippen molar-refractivity contribution < 1.29 is 22.8 Å². The van der Waals surface area contributed by atoms with Crippen LogP contribution in [0.25, 0.3) is 0 Å². The minimum atomic E-state index is -1.11. The van der Waals surface area contributed by atoms with Crippen LogP contribution in [0, 0.1) is 17.5 Å². The predicted octanol–water partition coefficient (Wildman–Crippen LogP) is 4.61. The number of anilines is 2. The summed E-state index contributed by atoms with van der Waals surface area (Å²) in [5.74, 6) is -3.59. The quantitative estimate of drug-likeness (QED) is 0.705. The Morgan fingerprint density at radius 3 is 1.59 bits per heavy atom. The van der Waals surface area contributed by atoms with Gasteiger partial charge in [0.2, 0.25) is 0 Å². The average Bonchev–Trinajstić information content (AvgIpc) is 2.66. The van der Waals surface area contributed by atoms with Crippen LogP contribution < -0.4 is 10.6 Å². The van der Waals surface area contributed by atoms with E-state index in [4.69, 9.17) is 0 Å². The Bertz CT molecular complexity index is 987. The zero-order valence-electron chi connectivity index (χ0n) is 13.8. The number of hydrogen-bond donors (Lipinski definition) is 2. The second-order valence-corrected chi connectivity index (χ2v) is 5.62. The van der Waals surface area contributed by atoms with E-state index >= 15 is 0 Å². The molecule has 0 radical (unpaired) electrons. The summed E-state index contributed by atoms with van der Waals surface area (Å²) in [4.78, 5) is 24.1. The SMILES string of the molecule is O=C(Nc1ccc(NC(=O)c2ccc(F)c(F)c2)cc1)c1ccc(F)cc1. The predicted molar refractivity (Wildman–Crippen MR) is 95.1 cm³/mol. The maximum atomic E-state index is 13.2. The van der Waals surface area contributed by atoms with E-state index in [0.29, 0.717) is 16.9 Å². The van der Waals surface area contributed by atoms with E-state index in [2.05, 4.69) is 10.6 Å². The van der Waals surface area contributed by atoms with E-state index in [1.807, 2.05) is 0 Å². The molecule has 0 aliphatic rings. The van der Waals surface area contributed by atoms with Gasteiger partial charge in [-0.05, 0) is 66.7 Å². The van der Waals surface area contributed by atoms with Gasteiger partial charge in [-0.3, -0.25) is 9.59 Å². The van der Waals surface area contributed by atoms with Crippen molar-refractivity contribution in [2.75, 3.05) is 10.6 Å². The first-order chi connectivity index (χ1) is 12.9. The molecule has 4 nitrogen and oxygen atoms in total. The van der Waals surface area contributed by atoms with Crippen molar-refractivity contribution in [3.63, 3.8) is 0 Å². The molecular weight excluding hydrogens is 357 g/mol. The molecule has 0 heterocycles. The van der Waals surface area contributed by atoms with Crippen LogP contribution in [0.1, 0.15) is 20.7 Å². The standard InChI is InChI=1S/C20H13F3N2O2/c21-14-4-1-12(2-5-14)19(26)24-15-6-8-16(9-7-15)25-20(27)13-3-10-17(22)18(23)11-13/h1-11H,(H,24,26)(H,25,27). The summed E-state index contributed by atoms with van der Waals surface area (Å²) in [7, 11) is 0. The smallest absolute Gasteiger partial charge is 0.255 e. The lowest BCUT2D eigenvalue weighted by atomic mass is 10.2. The van der Waals surface area contributed by atoms with Gasteiger partial charge in [0, 0.05) is 22.5 Å². The molecule has 0 aliphatic heterocycles. The van der Waals surface area contributed by atoms with Gasteiger partial charge in [0.1, 0.15) is 5.82 Å². The topological polar surface area (TPSA) is 58.2 Å². The molecule has 3 aromatic carbocycles. The highest BCUT2D eigenvalue weighted by Crippen LogP contribution is 2.17. The van der Waals surface area contributed by atoms with E-state index < -0.39 is 29.3 Å². The Morgan fingerprint density at radius 1 is 0.593 bits per heavy atom. The van der Waals surface area contributed by atoms with Gasteiger partial charge in [-0.15, -0.1) is 0 Å². The number of carbonyl (C=O) groups is 2. The molecule has 0 saturated heterocycles. The first kappa shape index (κ1) is 18.2. The second kappa shape index (κ2) is 7.74. The number of amides is 2.